The first-order valence-corrected chi connectivity index (χ1v) is 6.34. The van der Waals surface area contributed by atoms with E-state index >= 15 is 0 Å². The number of pyridine rings is 1. The van der Waals surface area contributed by atoms with Crippen LogP contribution in [0.15, 0.2) is 36.5 Å². The van der Waals surface area contributed by atoms with Gasteiger partial charge in [-0.25, -0.2) is 0 Å². The molecule has 3 rings (SSSR count). The van der Waals surface area contributed by atoms with Gasteiger partial charge in [0.25, 0.3) is 0 Å². The molecule has 3 nitrogen and oxygen atoms in total. The summed E-state index contributed by atoms with van der Waals surface area (Å²) in [5, 5.41) is 10.4. The lowest BCUT2D eigenvalue weighted by molar-refractivity contribution is -0.141. The molecule has 1 aliphatic rings. The lowest BCUT2D eigenvalue weighted by Crippen LogP contribution is -2.17. The van der Waals surface area contributed by atoms with Gasteiger partial charge in [-0.05, 0) is 36.5 Å². The monoisotopic (exact) mass is 241 g/mol. The van der Waals surface area contributed by atoms with Gasteiger partial charge in [0, 0.05) is 11.6 Å². The highest BCUT2D eigenvalue weighted by Gasteiger charge is 2.34. The number of carboxylic acid groups (broad SMARTS) is 1. The Hall–Kier alpha value is -1.90. The number of hydrogen-bond acceptors (Lipinski definition) is 2. The molecule has 3 heteroatoms. The molecule has 1 saturated carbocycles. The number of fused-ring (bicyclic) bond motifs is 1. The minimum absolute atomic E-state index is 0.135. The molecule has 1 aromatic carbocycles. The second-order valence-electron chi connectivity index (χ2n) is 4.90. The molecule has 92 valence electrons. The molecule has 18 heavy (non-hydrogen) atoms. The molecule has 0 radical (unpaired) electrons. The van der Waals surface area contributed by atoms with Crippen LogP contribution in [0.2, 0.25) is 0 Å². The Morgan fingerprint density at radius 1 is 1.22 bits per heavy atom. The van der Waals surface area contributed by atoms with Crippen molar-refractivity contribution >= 4 is 16.9 Å². The van der Waals surface area contributed by atoms with E-state index in [0.29, 0.717) is 0 Å². The van der Waals surface area contributed by atoms with Gasteiger partial charge in [-0.3, -0.25) is 9.78 Å². The third-order valence-corrected chi connectivity index (χ3v) is 3.91. The van der Waals surface area contributed by atoms with Crippen LogP contribution in [0.5, 0.6) is 0 Å². The third-order valence-electron chi connectivity index (χ3n) is 3.91. The van der Waals surface area contributed by atoms with E-state index in [0.717, 1.165) is 35.7 Å². The van der Waals surface area contributed by atoms with Crippen LogP contribution in [0.25, 0.3) is 10.9 Å². The van der Waals surface area contributed by atoms with E-state index in [9.17, 15) is 9.90 Å². The van der Waals surface area contributed by atoms with E-state index in [2.05, 4.69) is 11.1 Å². The van der Waals surface area contributed by atoms with Gasteiger partial charge in [-0.1, -0.05) is 24.6 Å². The lowest BCUT2D eigenvalue weighted by Gasteiger charge is -2.17. The summed E-state index contributed by atoms with van der Waals surface area (Å²) >= 11 is 0. The van der Waals surface area contributed by atoms with Crippen LogP contribution >= 0.6 is 0 Å². The summed E-state index contributed by atoms with van der Waals surface area (Å²) in [5.74, 6) is -0.774. The van der Waals surface area contributed by atoms with Crippen LogP contribution in [-0.2, 0) is 4.79 Å². The fraction of sp³-hybridized carbons (Fsp3) is 0.333. The van der Waals surface area contributed by atoms with Gasteiger partial charge in [0.1, 0.15) is 0 Å². The van der Waals surface area contributed by atoms with Crippen LogP contribution in [-0.4, -0.2) is 16.1 Å². The molecule has 2 atom stereocenters. The van der Waals surface area contributed by atoms with Gasteiger partial charge < -0.3 is 5.11 Å². The van der Waals surface area contributed by atoms with Crippen molar-refractivity contribution in [1.29, 1.82) is 0 Å². The molecule has 0 saturated heterocycles. The molecule has 2 unspecified atom stereocenters. The SMILES string of the molecule is O=C(O)C1CCCC1c1cccc2ncccc12. The van der Waals surface area contributed by atoms with Crippen molar-refractivity contribution in [2.75, 3.05) is 0 Å². The molecule has 1 N–H and O–H groups in total. The first-order valence-electron chi connectivity index (χ1n) is 6.34. The predicted molar refractivity (Wildman–Crippen MR) is 69.5 cm³/mol. The van der Waals surface area contributed by atoms with E-state index in [1.165, 1.54) is 0 Å². The van der Waals surface area contributed by atoms with Crippen LogP contribution in [0.4, 0.5) is 0 Å². The Morgan fingerprint density at radius 2 is 2.11 bits per heavy atom. The zero-order valence-corrected chi connectivity index (χ0v) is 10.0. The molecule has 1 aromatic heterocycles. The van der Waals surface area contributed by atoms with Gasteiger partial charge in [-0.15, -0.1) is 0 Å². The van der Waals surface area contributed by atoms with Crippen molar-refractivity contribution in [2.24, 2.45) is 5.92 Å². The number of nitrogens with zero attached hydrogens (tertiary/aromatic N) is 1. The molecule has 2 aromatic rings. The molecule has 0 bridgehead atoms. The quantitative estimate of drug-likeness (QED) is 0.878. The van der Waals surface area contributed by atoms with Crippen molar-refractivity contribution in [3.05, 3.63) is 42.1 Å². The number of benzene rings is 1. The van der Waals surface area contributed by atoms with Gasteiger partial charge in [0.2, 0.25) is 0 Å². The lowest BCUT2D eigenvalue weighted by atomic mass is 9.87. The molecule has 1 heterocycles. The van der Waals surface area contributed by atoms with E-state index in [4.69, 9.17) is 0 Å². The summed E-state index contributed by atoms with van der Waals surface area (Å²) in [5.41, 5.74) is 2.09. The van der Waals surface area contributed by atoms with Crippen LogP contribution in [0.1, 0.15) is 30.7 Å². The maximum Gasteiger partial charge on any atom is 0.307 e. The number of aliphatic carboxylic acids is 1. The van der Waals surface area contributed by atoms with Crippen LogP contribution in [0.3, 0.4) is 0 Å². The fourth-order valence-electron chi connectivity index (χ4n) is 3.08. The standard InChI is InChI=1S/C15H15NO2/c17-15(18)13-6-1-4-11(13)10-5-2-8-14-12(10)7-3-9-16-14/h2-3,5,7-9,11,13H,1,4,6H2,(H,17,18). The van der Waals surface area contributed by atoms with Crippen molar-refractivity contribution in [3.63, 3.8) is 0 Å². The maximum atomic E-state index is 11.3. The number of aromatic nitrogens is 1. The summed E-state index contributed by atoms with van der Waals surface area (Å²) in [7, 11) is 0. The number of hydrogen-bond donors (Lipinski definition) is 1. The van der Waals surface area contributed by atoms with E-state index in [1.807, 2.05) is 24.3 Å². The molecule has 0 amide bonds. The van der Waals surface area contributed by atoms with E-state index in [-0.39, 0.29) is 11.8 Å². The Kier molecular flexibility index (Phi) is 2.74. The summed E-state index contributed by atoms with van der Waals surface area (Å²) in [4.78, 5) is 15.6. The predicted octanol–water partition coefficient (Wildman–Crippen LogP) is 3.20. The molecule has 0 spiro atoms. The molecular weight excluding hydrogens is 226 g/mol. The molecular formula is C15H15NO2. The molecule has 1 fully saturated rings. The highest BCUT2D eigenvalue weighted by Crippen LogP contribution is 2.41. The smallest absolute Gasteiger partial charge is 0.307 e. The Bertz CT molecular complexity index is 589. The van der Waals surface area contributed by atoms with Gasteiger partial charge in [0.05, 0.1) is 11.4 Å². The van der Waals surface area contributed by atoms with Crippen molar-refractivity contribution < 1.29 is 9.90 Å². The summed E-state index contributed by atoms with van der Waals surface area (Å²) in [6.45, 7) is 0. The average Bonchev–Trinajstić information content (AvgIpc) is 2.87. The van der Waals surface area contributed by atoms with Gasteiger partial charge in [-0.2, -0.15) is 0 Å². The van der Waals surface area contributed by atoms with E-state index in [1.54, 1.807) is 6.20 Å². The summed E-state index contributed by atoms with van der Waals surface area (Å²) in [6, 6.07) is 9.95. The number of rotatable bonds is 2. The molecule has 0 aliphatic heterocycles. The second kappa shape index (κ2) is 4.41. The highest BCUT2D eigenvalue weighted by atomic mass is 16.4. The Balaban J connectivity index is 2.11. The minimum atomic E-state index is -0.668. The largest absolute Gasteiger partial charge is 0.481 e. The van der Waals surface area contributed by atoms with Crippen LogP contribution in [0, 0.1) is 5.92 Å². The third kappa shape index (κ3) is 1.76. The Labute approximate surface area is 105 Å². The zero-order chi connectivity index (χ0) is 12.5. The highest BCUT2D eigenvalue weighted by molar-refractivity contribution is 5.83. The van der Waals surface area contributed by atoms with Crippen molar-refractivity contribution in [1.82, 2.24) is 4.98 Å². The topological polar surface area (TPSA) is 50.2 Å². The van der Waals surface area contributed by atoms with Gasteiger partial charge >= 0.3 is 5.97 Å². The summed E-state index contributed by atoms with van der Waals surface area (Å²) < 4.78 is 0. The van der Waals surface area contributed by atoms with E-state index < -0.39 is 5.97 Å². The fourth-order valence-corrected chi connectivity index (χ4v) is 3.08. The normalized spacial score (nSPS) is 23.3. The first-order chi connectivity index (χ1) is 8.77. The van der Waals surface area contributed by atoms with Crippen LogP contribution < -0.4 is 0 Å². The maximum absolute atomic E-state index is 11.3. The summed E-state index contributed by atoms with van der Waals surface area (Å²) in [6.07, 6.45) is 4.52. The van der Waals surface area contributed by atoms with Crippen molar-refractivity contribution in [3.8, 4) is 0 Å². The first kappa shape index (κ1) is 11.2. The Morgan fingerprint density at radius 3 is 2.94 bits per heavy atom. The molecule has 1 aliphatic carbocycles. The van der Waals surface area contributed by atoms with Crippen molar-refractivity contribution in [2.45, 2.75) is 25.2 Å². The number of carboxylic acids is 1. The van der Waals surface area contributed by atoms with Gasteiger partial charge in [0.15, 0.2) is 0 Å². The number of carbonyl (C=O) groups is 1. The zero-order valence-electron chi connectivity index (χ0n) is 10.0. The average molecular weight is 241 g/mol. The minimum Gasteiger partial charge on any atom is -0.481 e. The second-order valence-corrected chi connectivity index (χ2v) is 4.90.